The van der Waals surface area contributed by atoms with Crippen LogP contribution < -0.4 is 5.73 Å². The number of nitrogens with two attached hydrogens (primary N) is 1. The number of fused-ring (bicyclic) bond motifs is 1. The minimum Gasteiger partial charge on any atom is -0.604 e. The van der Waals surface area contributed by atoms with Gasteiger partial charge in [-0.05, 0) is 6.07 Å². The van der Waals surface area contributed by atoms with E-state index in [9.17, 15) is 4.55 Å². The van der Waals surface area contributed by atoms with Gasteiger partial charge in [0, 0.05) is 5.56 Å². The second-order valence-corrected chi connectivity index (χ2v) is 3.93. The third-order valence-corrected chi connectivity index (χ3v) is 3.07. The molecule has 2 rings (SSSR count). The maximum Gasteiger partial charge on any atom is 0.315 e. The Balaban J connectivity index is 2.49. The number of hydrogen-bond acceptors (Lipinski definition) is 3. The van der Waals surface area contributed by atoms with Crippen LogP contribution in [0.2, 0.25) is 0 Å². The maximum absolute atomic E-state index is 11.5. The minimum absolute atomic E-state index is 0.230. The first-order chi connectivity index (χ1) is 5.79. The van der Waals surface area contributed by atoms with Gasteiger partial charge in [0.15, 0.2) is 4.90 Å². The molecule has 0 radical (unpaired) electrons. The molecule has 0 bridgehead atoms. The van der Waals surface area contributed by atoms with Crippen LogP contribution in [0.4, 0.5) is 0 Å². The van der Waals surface area contributed by atoms with Gasteiger partial charge in [0.05, 0.1) is 17.7 Å². The largest absolute Gasteiger partial charge is 0.604 e. The Morgan fingerprint density at radius 3 is 3.00 bits per heavy atom. The van der Waals surface area contributed by atoms with E-state index in [1.54, 1.807) is 0 Å². The summed E-state index contributed by atoms with van der Waals surface area (Å²) in [5.74, 6) is 0. The van der Waals surface area contributed by atoms with Crippen LogP contribution in [0.25, 0.3) is 0 Å². The average molecular weight is 180 g/mol. The molecule has 0 aromatic heterocycles. The van der Waals surface area contributed by atoms with Crippen molar-refractivity contribution in [2.45, 2.75) is 11.4 Å². The molecule has 1 aliphatic rings. The summed E-state index contributed by atoms with van der Waals surface area (Å²) in [5.41, 5.74) is 6.45. The first kappa shape index (κ1) is 7.64. The SMILES string of the molecule is NC1=NCc2ccccc2[S+]1[O-]. The van der Waals surface area contributed by atoms with Crippen molar-refractivity contribution in [3.05, 3.63) is 29.8 Å². The van der Waals surface area contributed by atoms with Crippen LogP contribution in [-0.2, 0) is 17.7 Å². The van der Waals surface area contributed by atoms with Gasteiger partial charge >= 0.3 is 5.17 Å². The lowest BCUT2D eigenvalue weighted by Crippen LogP contribution is -2.28. The molecule has 3 nitrogen and oxygen atoms in total. The molecule has 1 aliphatic heterocycles. The van der Waals surface area contributed by atoms with E-state index in [1.807, 2.05) is 24.3 Å². The van der Waals surface area contributed by atoms with Gasteiger partial charge in [0.25, 0.3) is 0 Å². The molecule has 1 unspecified atom stereocenters. The Bertz CT molecular complexity index is 338. The second kappa shape index (κ2) is 2.80. The standard InChI is InChI=1S/C8H8N2OS/c9-8-10-5-6-3-1-2-4-7(6)12(8)11/h1-4H,5H2,(H2,9,10). The zero-order chi connectivity index (χ0) is 8.55. The van der Waals surface area contributed by atoms with Crippen molar-refractivity contribution in [2.75, 3.05) is 0 Å². The first-order valence-electron chi connectivity index (χ1n) is 3.58. The number of aliphatic imine (C=N–C) groups is 1. The van der Waals surface area contributed by atoms with Gasteiger partial charge in [-0.1, -0.05) is 18.2 Å². The van der Waals surface area contributed by atoms with Crippen molar-refractivity contribution in [3.63, 3.8) is 0 Å². The number of nitrogens with zero attached hydrogens (tertiary/aromatic N) is 1. The van der Waals surface area contributed by atoms with Gasteiger partial charge in [-0.3, -0.25) is 0 Å². The van der Waals surface area contributed by atoms with Gasteiger partial charge < -0.3 is 10.3 Å². The highest BCUT2D eigenvalue weighted by atomic mass is 32.2. The zero-order valence-corrected chi connectivity index (χ0v) is 7.17. The molecule has 2 N–H and O–H groups in total. The van der Waals surface area contributed by atoms with Crippen molar-refractivity contribution in [1.29, 1.82) is 0 Å². The minimum atomic E-state index is -1.23. The average Bonchev–Trinajstić information content (AvgIpc) is 2.12. The number of amidine groups is 1. The third-order valence-electron chi connectivity index (χ3n) is 1.77. The van der Waals surface area contributed by atoms with E-state index in [1.165, 1.54) is 0 Å². The molecule has 0 saturated heterocycles. The predicted octanol–water partition coefficient (Wildman–Crippen LogP) is 0.622. The highest BCUT2D eigenvalue weighted by Crippen LogP contribution is 2.21. The number of hydrogen-bond donors (Lipinski definition) is 1. The van der Waals surface area contributed by atoms with E-state index in [0.717, 1.165) is 10.5 Å². The van der Waals surface area contributed by atoms with Gasteiger partial charge in [0.2, 0.25) is 0 Å². The topological polar surface area (TPSA) is 61.4 Å². The predicted molar refractivity (Wildman–Crippen MR) is 48.2 cm³/mol. The fourth-order valence-electron chi connectivity index (χ4n) is 1.15. The Hall–Kier alpha value is -1.00. The molecular weight excluding hydrogens is 172 g/mol. The fourth-order valence-corrected chi connectivity index (χ4v) is 2.13. The van der Waals surface area contributed by atoms with Crippen LogP contribution in [-0.4, -0.2) is 9.72 Å². The molecule has 1 aromatic rings. The van der Waals surface area contributed by atoms with Crippen molar-refractivity contribution in [1.82, 2.24) is 0 Å². The summed E-state index contributed by atoms with van der Waals surface area (Å²) in [5, 5.41) is 0.230. The summed E-state index contributed by atoms with van der Waals surface area (Å²) < 4.78 is 11.5. The Morgan fingerprint density at radius 2 is 2.17 bits per heavy atom. The normalized spacial score (nSPS) is 21.4. The molecule has 0 fully saturated rings. The van der Waals surface area contributed by atoms with Crippen molar-refractivity contribution >= 4 is 16.3 Å². The highest BCUT2D eigenvalue weighted by molar-refractivity contribution is 8.06. The van der Waals surface area contributed by atoms with E-state index in [2.05, 4.69) is 4.99 Å². The fraction of sp³-hybridized carbons (Fsp3) is 0.125. The molecule has 1 heterocycles. The molecule has 12 heavy (non-hydrogen) atoms. The summed E-state index contributed by atoms with van der Waals surface area (Å²) in [6, 6.07) is 7.51. The number of benzene rings is 1. The molecule has 4 heteroatoms. The van der Waals surface area contributed by atoms with Crippen LogP contribution in [0.3, 0.4) is 0 Å². The Labute approximate surface area is 73.5 Å². The summed E-state index contributed by atoms with van der Waals surface area (Å²) >= 11 is -1.23. The van der Waals surface area contributed by atoms with Crippen LogP contribution in [0.15, 0.2) is 34.2 Å². The molecule has 0 spiro atoms. The molecule has 1 aromatic carbocycles. The molecule has 0 amide bonds. The molecule has 0 saturated carbocycles. The molecule has 62 valence electrons. The summed E-state index contributed by atoms with van der Waals surface area (Å²) in [6.07, 6.45) is 0. The van der Waals surface area contributed by atoms with Crippen LogP contribution in [0, 0.1) is 0 Å². The molecule has 0 aliphatic carbocycles. The quantitative estimate of drug-likeness (QED) is 0.595. The smallest absolute Gasteiger partial charge is 0.315 e. The lowest BCUT2D eigenvalue weighted by molar-refractivity contribution is 0.603. The van der Waals surface area contributed by atoms with E-state index in [-0.39, 0.29) is 5.17 Å². The van der Waals surface area contributed by atoms with E-state index in [0.29, 0.717) is 6.54 Å². The van der Waals surface area contributed by atoms with E-state index < -0.39 is 11.2 Å². The third kappa shape index (κ3) is 1.09. The van der Waals surface area contributed by atoms with Crippen LogP contribution in [0.1, 0.15) is 5.56 Å². The zero-order valence-electron chi connectivity index (χ0n) is 6.36. The van der Waals surface area contributed by atoms with Gasteiger partial charge in [-0.15, -0.1) is 0 Å². The summed E-state index contributed by atoms with van der Waals surface area (Å²) in [4.78, 5) is 4.74. The summed E-state index contributed by atoms with van der Waals surface area (Å²) in [7, 11) is 0. The highest BCUT2D eigenvalue weighted by Gasteiger charge is 2.24. The Morgan fingerprint density at radius 1 is 1.42 bits per heavy atom. The maximum atomic E-state index is 11.5. The van der Waals surface area contributed by atoms with Crippen LogP contribution >= 0.6 is 0 Å². The molecule has 1 atom stereocenters. The van der Waals surface area contributed by atoms with Crippen LogP contribution in [0.5, 0.6) is 0 Å². The van der Waals surface area contributed by atoms with Crippen molar-refractivity contribution in [2.24, 2.45) is 10.7 Å². The Kier molecular flexibility index (Phi) is 1.78. The van der Waals surface area contributed by atoms with E-state index >= 15 is 0 Å². The lowest BCUT2D eigenvalue weighted by atomic mass is 10.2. The lowest BCUT2D eigenvalue weighted by Gasteiger charge is -2.15. The van der Waals surface area contributed by atoms with Gasteiger partial charge in [0.1, 0.15) is 0 Å². The summed E-state index contributed by atoms with van der Waals surface area (Å²) in [6.45, 7) is 0.549. The monoisotopic (exact) mass is 180 g/mol. The van der Waals surface area contributed by atoms with Crippen molar-refractivity contribution < 1.29 is 4.55 Å². The van der Waals surface area contributed by atoms with Gasteiger partial charge in [-0.2, -0.15) is 0 Å². The second-order valence-electron chi connectivity index (χ2n) is 2.53. The number of rotatable bonds is 0. The molecular formula is C8H8N2OS. The first-order valence-corrected chi connectivity index (χ1v) is 4.73. The van der Waals surface area contributed by atoms with Crippen molar-refractivity contribution in [3.8, 4) is 0 Å². The van der Waals surface area contributed by atoms with Gasteiger partial charge in [-0.25, -0.2) is 4.99 Å². The van der Waals surface area contributed by atoms with E-state index in [4.69, 9.17) is 5.73 Å².